The first-order valence-corrected chi connectivity index (χ1v) is 10.3. The first kappa shape index (κ1) is 20.1. The lowest BCUT2D eigenvalue weighted by atomic mass is 10.0. The van der Waals surface area contributed by atoms with Crippen molar-refractivity contribution in [2.45, 2.75) is 19.9 Å². The van der Waals surface area contributed by atoms with E-state index in [1.807, 2.05) is 19.9 Å². The summed E-state index contributed by atoms with van der Waals surface area (Å²) < 4.78 is 25.1. The predicted octanol–water partition coefficient (Wildman–Crippen LogP) is 3.60. The van der Waals surface area contributed by atoms with Gasteiger partial charge in [0, 0.05) is 17.7 Å². The average molecular weight is 429 g/mol. The molecular weight excluding hydrogens is 409 g/mol. The fraction of sp³-hybridized carbons (Fsp3) is 0.286. The number of carbonyl (C=O) groups is 2. The number of carbonyl (C=O) groups excluding carboxylic acids is 2. The molecule has 2 heterocycles. The number of amides is 2. The highest BCUT2D eigenvalue weighted by Crippen LogP contribution is 2.37. The van der Waals surface area contributed by atoms with Crippen LogP contribution in [0.5, 0.6) is 11.5 Å². The Hall–Kier alpha value is -3.20. The summed E-state index contributed by atoms with van der Waals surface area (Å²) in [5.74, 6) is -0.145. The molecule has 1 aromatic heterocycles. The lowest BCUT2D eigenvalue weighted by molar-refractivity contribution is -0.118. The Labute approximate surface area is 176 Å². The molecule has 4 rings (SSSR count). The second-order valence-corrected chi connectivity index (χ2v) is 8.20. The summed E-state index contributed by atoms with van der Waals surface area (Å²) in [5, 5.41) is 5.91. The van der Waals surface area contributed by atoms with Crippen molar-refractivity contribution in [3.05, 3.63) is 47.8 Å². The Morgan fingerprint density at radius 2 is 1.77 bits per heavy atom. The number of benzene rings is 2. The van der Waals surface area contributed by atoms with Crippen molar-refractivity contribution in [2.24, 2.45) is 5.92 Å². The molecule has 1 atom stereocenters. The number of fused-ring (bicyclic) bond motifs is 2. The SMILES string of the molecule is CC(C)[C@H](NC(=O)c1ccc(F)cc1)C(=O)Nc1nc2cc3c(cc2s1)OCCO3. The lowest BCUT2D eigenvalue weighted by Crippen LogP contribution is -2.47. The molecular formula is C21H20FN3O4S. The molecule has 156 valence electrons. The quantitative estimate of drug-likeness (QED) is 0.647. The van der Waals surface area contributed by atoms with Crippen molar-refractivity contribution in [3.63, 3.8) is 0 Å². The maximum absolute atomic E-state index is 13.1. The van der Waals surface area contributed by atoms with Gasteiger partial charge in [-0.05, 0) is 30.2 Å². The van der Waals surface area contributed by atoms with Gasteiger partial charge in [-0.3, -0.25) is 9.59 Å². The molecule has 0 saturated heterocycles. The van der Waals surface area contributed by atoms with E-state index in [1.54, 1.807) is 6.07 Å². The summed E-state index contributed by atoms with van der Waals surface area (Å²) in [6, 6.07) is 7.99. The van der Waals surface area contributed by atoms with Gasteiger partial charge >= 0.3 is 0 Å². The molecule has 0 unspecified atom stereocenters. The first-order chi connectivity index (χ1) is 14.4. The number of halogens is 1. The van der Waals surface area contributed by atoms with E-state index in [4.69, 9.17) is 9.47 Å². The van der Waals surface area contributed by atoms with Crippen molar-refractivity contribution in [1.82, 2.24) is 10.3 Å². The van der Waals surface area contributed by atoms with Crippen LogP contribution in [0.2, 0.25) is 0 Å². The molecule has 2 aromatic carbocycles. The number of hydrogen-bond acceptors (Lipinski definition) is 6. The zero-order valence-corrected chi connectivity index (χ0v) is 17.2. The van der Waals surface area contributed by atoms with Gasteiger partial charge in [0.2, 0.25) is 5.91 Å². The highest BCUT2D eigenvalue weighted by Gasteiger charge is 2.26. The summed E-state index contributed by atoms with van der Waals surface area (Å²) in [6.45, 7) is 4.63. The molecule has 2 amide bonds. The van der Waals surface area contributed by atoms with Crippen molar-refractivity contribution in [1.29, 1.82) is 0 Å². The second-order valence-electron chi connectivity index (χ2n) is 7.17. The van der Waals surface area contributed by atoms with E-state index in [1.165, 1.54) is 35.6 Å². The Balaban J connectivity index is 1.50. The monoisotopic (exact) mass is 429 g/mol. The van der Waals surface area contributed by atoms with E-state index in [2.05, 4.69) is 15.6 Å². The fourth-order valence-corrected chi connectivity index (χ4v) is 3.94. The predicted molar refractivity (Wildman–Crippen MR) is 112 cm³/mol. The second kappa shape index (κ2) is 8.27. The van der Waals surface area contributed by atoms with Crippen molar-refractivity contribution in [3.8, 4) is 11.5 Å². The highest BCUT2D eigenvalue weighted by molar-refractivity contribution is 7.22. The molecule has 0 spiro atoms. The Bertz CT molecular complexity index is 1050. The van der Waals surface area contributed by atoms with Gasteiger partial charge in [0.25, 0.3) is 5.91 Å². The molecule has 0 fully saturated rings. The summed E-state index contributed by atoms with van der Waals surface area (Å²) in [7, 11) is 0. The molecule has 0 saturated carbocycles. The van der Waals surface area contributed by atoms with Crippen LogP contribution in [0.4, 0.5) is 9.52 Å². The minimum absolute atomic E-state index is 0.169. The zero-order chi connectivity index (χ0) is 21.3. The van der Waals surface area contributed by atoms with Gasteiger partial charge in [-0.25, -0.2) is 9.37 Å². The maximum Gasteiger partial charge on any atom is 0.251 e. The standard InChI is InChI=1S/C21H20FN3O4S/c1-11(2)18(24-19(26)12-3-5-13(22)6-4-12)20(27)25-21-23-14-9-15-16(10-17(14)30-21)29-8-7-28-15/h3-6,9-11,18H,7-8H2,1-2H3,(H,24,26)(H,23,25,27)/t18-/m0/s1. The van der Waals surface area contributed by atoms with Gasteiger partial charge in [0.1, 0.15) is 25.1 Å². The Kier molecular flexibility index (Phi) is 5.54. The summed E-state index contributed by atoms with van der Waals surface area (Å²) >= 11 is 1.31. The van der Waals surface area contributed by atoms with E-state index in [-0.39, 0.29) is 17.4 Å². The fourth-order valence-electron chi connectivity index (χ4n) is 3.06. The molecule has 0 radical (unpaired) electrons. The highest BCUT2D eigenvalue weighted by atomic mass is 32.1. The third-order valence-electron chi connectivity index (χ3n) is 4.62. The van der Waals surface area contributed by atoms with Gasteiger partial charge in [-0.15, -0.1) is 0 Å². The van der Waals surface area contributed by atoms with Crippen LogP contribution in [0, 0.1) is 11.7 Å². The van der Waals surface area contributed by atoms with E-state index >= 15 is 0 Å². The van der Waals surface area contributed by atoms with Crippen LogP contribution in [0.15, 0.2) is 36.4 Å². The average Bonchev–Trinajstić information content (AvgIpc) is 3.11. The molecule has 1 aliphatic rings. The van der Waals surface area contributed by atoms with E-state index in [0.29, 0.717) is 35.4 Å². The molecule has 1 aliphatic heterocycles. The number of thiazole rings is 1. The molecule has 3 aromatic rings. The van der Waals surface area contributed by atoms with Gasteiger partial charge in [0.15, 0.2) is 16.6 Å². The Morgan fingerprint density at radius 1 is 1.10 bits per heavy atom. The number of aromatic nitrogens is 1. The number of nitrogens with zero attached hydrogens (tertiary/aromatic N) is 1. The molecule has 0 aliphatic carbocycles. The van der Waals surface area contributed by atoms with Crippen molar-refractivity contribution < 1.29 is 23.5 Å². The van der Waals surface area contributed by atoms with Crippen LogP contribution >= 0.6 is 11.3 Å². The Morgan fingerprint density at radius 3 is 2.43 bits per heavy atom. The van der Waals surface area contributed by atoms with Crippen molar-refractivity contribution in [2.75, 3.05) is 18.5 Å². The number of nitrogens with one attached hydrogen (secondary N) is 2. The summed E-state index contributed by atoms with van der Waals surface area (Å²) in [4.78, 5) is 29.7. The van der Waals surface area contributed by atoms with E-state index in [0.717, 1.165) is 4.70 Å². The molecule has 30 heavy (non-hydrogen) atoms. The first-order valence-electron chi connectivity index (χ1n) is 9.48. The maximum atomic E-state index is 13.1. The lowest BCUT2D eigenvalue weighted by Gasteiger charge is -2.21. The number of anilines is 1. The summed E-state index contributed by atoms with van der Waals surface area (Å²) in [6.07, 6.45) is 0. The zero-order valence-electron chi connectivity index (χ0n) is 16.4. The molecule has 9 heteroatoms. The van der Waals surface area contributed by atoms with Crippen LogP contribution in [-0.2, 0) is 4.79 Å². The number of rotatable bonds is 5. The minimum atomic E-state index is -0.783. The van der Waals surface area contributed by atoms with Gasteiger partial charge in [-0.2, -0.15) is 0 Å². The van der Waals surface area contributed by atoms with Gasteiger partial charge < -0.3 is 20.1 Å². The summed E-state index contributed by atoms with van der Waals surface area (Å²) in [5.41, 5.74) is 0.969. The normalized spacial score (nSPS) is 13.9. The number of hydrogen-bond donors (Lipinski definition) is 2. The van der Waals surface area contributed by atoms with Crippen molar-refractivity contribution >= 4 is 38.5 Å². The largest absolute Gasteiger partial charge is 0.486 e. The minimum Gasteiger partial charge on any atom is -0.486 e. The third-order valence-corrected chi connectivity index (χ3v) is 5.56. The smallest absolute Gasteiger partial charge is 0.251 e. The van der Waals surface area contributed by atoms with Gasteiger partial charge in [0.05, 0.1) is 10.2 Å². The van der Waals surface area contributed by atoms with Crippen LogP contribution in [0.1, 0.15) is 24.2 Å². The van der Waals surface area contributed by atoms with E-state index in [9.17, 15) is 14.0 Å². The topological polar surface area (TPSA) is 89.6 Å². The van der Waals surface area contributed by atoms with Crippen LogP contribution in [0.25, 0.3) is 10.2 Å². The molecule has 0 bridgehead atoms. The number of ether oxygens (including phenoxy) is 2. The van der Waals surface area contributed by atoms with Crippen LogP contribution < -0.4 is 20.1 Å². The van der Waals surface area contributed by atoms with Crippen LogP contribution in [0.3, 0.4) is 0 Å². The van der Waals surface area contributed by atoms with E-state index < -0.39 is 17.8 Å². The molecule has 7 nitrogen and oxygen atoms in total. The third kappa shape index (κ3) is 4.20. The van der Waals surface area contributed by atoms with Crippen LogP contribution in [-0.4, -0.2) is 36.1 Å². The molecule has 2 N–H and O–H groups in total. The van der Waals surface area contributed by atoms with Gasteiger partial charge in [-0.1, -0.05) is 25.2 Å².